The Labute approximate surface area is 364 Å². The molecule has 62 heavy (non-hydrogen) atoms. The molecule has 7 aromatic rings. The fourth-order valence-electron chi connectivity index (χ4n) is 8.27. The van der Waals surface area contributed by atoms with Crippen LogP contribution in [0.2, 0.25) is 0 Å². The van der Waals surface area contributed by atoms with Crippen LogP contribution in [0.1, 0.15) is 32.6 Å². The molecule has 2 N–H and O–H groups in total. The third kappa shape index (κ3) is 8.90. The molecule has 2 saturated heterocycles. The lowest BCUT2D eigenvalue weighted by atomic mass is 9.92. The molecule has 2 aliphatic heterocycles. The number of methoxy groups -OCH3 is 1. The van der Waals surface area contributed by atoms with Gasteiger partial charge in [-0.05, 0) is 59.8 Å². The molecule has 10 heteroatoms. The van der Waals surface area contributed by atoms with Gasteiger partial charge >= 0.3 is 0 Å². The number of hydrogen-bond acceptors (Lipinski definition) is 6. The Morgan fingerprint density at radius 3 is 1.32 bits per heavy atom. The van der Waals surface area contributed by atoms with Crippen LogP contribution in [0.25, 0.3) is 0 Å². The number of carbonyl (C=O) groups excluding carboxylic acids is 2. The minimum Gasteiger partial charge on any atom is -0.354 e. The average Bonchev–Trinajstić information content (AvgIpc) is 3.34. The van der Waals surface area contributed by atoms with E-state index in [0.29, 0.717) is 11.1 Å². The van der Waals surface area contributed by atoms with E-state index in [1.165, 1.54) is 0 Å². The standard InChI is InChI=1S/C52H46N2O6P2/c1-57-52-47(54-50(56)42-32-18-20-34-45(42)62(39-27-13-5-14-28-39)40-29-15-6-16-30-40)46(48-43(59-52)35-58-51(60-48)36-21-7-2-8-22-36)53-49(55)41-31-17-19-33-44(41)61(37-23-9-3-10-24-37)38-25-11-4-12-26-38/h2-34,43,46-48,51-52H,35H2,1H3,(H,53,55)(H,54,56)/t43-,46-,47+,48-,51?,52+/m1/s1. The summed E-state index contributed by atoms with van der Waals surface area (Å²) in [5.41, 5.74) is 1.88. The van der Waals surface area contributed by atoms with E-state index in [2.05, 4.69) is 59.2 Å². The Hall–Kier alpha value is -5.82. The van der Waals surface area contributed by atoms with Crippen molar-refractivity contribution in [3.8, 4) is 0 Å². The summed E-state index contributed by atoms with van der Waals surface area (Å²) >= 11 is 0. The van der Waals surface area contributed by atoms with Gasteiger partial charge in [0.25, 0.3) is 11.8 Å². The maximum absolute atomic E-state index is 15.1. The van der Waals surface area contributed by atoms with E-state index in [9.17, 15) is 4.79 Å². The molecule has 0 bridgehead atoms. The predicted molar refractivity (Wildman–Crippen MR) is 248 cm³/mol. The topological polar surface area (TPSA) is 95.1 Å². The molecule has 0 saturated carbocycles. The second-order valence-electron chi connectivity index (χ2n) is 15.0. The number of nitrogens with one attached hydrogen (secondary N) is 2. The van der Waals surface area contributed by atoms with Crippen LogP contribution in [-0.4, -0.2) is 56.1 Å². The van der Waals surface area contributed by atoms with Gasteiger partial charge in [-0.15, -0.1) is 0 Å². The molecule has 2 aliphatic rings. The van der Waals surface area contributed by atoms with Crippen LogP contribution in [-0.2, 0) is 18.9 Å². The zero-order valence-electron chi connectivity index (χ0n) is 34.1. The van der Waals surface area contributed by atoms with Crippen LogP contribution in [0.4, 0.5) is 0 Å². The van der Waals surface area contributed by atoms with Gasteiger partial charge in [-0.25, -0.2) is 0 Å². The normalized spacial score (nSPS) is 20.9. The molecule has 0 aromatic heterocycles. The van der Waals surface area contributed by atoms with Crippen LogP contribution in [0.5, 0.6) is 0 Å². The molecular weight excluding hydrogens is 811 g/mol. The lowest BCUT2D eigenvalue weighted by Crippen LogP contribution is -2.71. The highest BCUT2D eigenvalue weighted by molar-refractivity contribution is 7.80. The summed E-state index contributed by atoms with van der Waals surface area (Å²) in [4.78, 5) is 30.1. The SMILES string of the molecule is CO[C@H]1O[C@@H]2COC(c3ccccc3)O[C@H]2[C@H](NC(=O)c2ccccc2P(c2ccccc2)c2ccccc2)[C@@H]1NC(=O)c1ccccc1P(c1ccccc1)c1ccccc1. The lowest BCUT2D eigenvalue weighted by molar-refractivity contribution is -0.324. The highest BCUT2D eigenvalue weighted by Gasteiger charge is 2.51. The van der Waals surface area contributed by atoms with E-state index >= 15 is 4.79 Å². The summed E-state index contributed by atoms with van der Waals surface area (Å²) in [6.45, 7) is 0.183. The summed E-state index contributed by atoms with van der Waals surface area (Å²) in [5.74, 6) is -0.625. The molecule has 2 amide bonds. The Balaban J connectivity index is 1.10. The number of benzene rings is 7. The number of amides is 2. The minimum absolute atomic E-state index is 0.183. The molecule has 2 heterocycles. The summed E-state index contributed by atoms with van der Waals surface area (Å²) in [6, 6.07) is 64.7. The first kappa shape index (κ1) is 41.5. The molecular formula is C52H46N2O6P2. The maximum atomic E-state index is 15.1. The highest BCUT2D eigenvalue weighted by Crippen LogP contribution is 2.38. The first-order valence-corrected chi connectivity index (χ1v) is 23.4. The Morgan fingerprint density at radius 2 is 0.887 bits per heavy atom. The van der Waals surface area contributed by atoms with Crippen molar-refractivity contribution in [2.75, 3.05) is 13.7 Å². The monoisotopic (exact) mass is 856 g/mol. The molecule has 9 rings (SSSR count). The molecule has 8 nitrogen and oxygen atoms in total. The van der Waals surface area contributed by atoms with Gasteiger partial charge in [0.2, 0.25) is 0 Å². The van der Waals surface area contributed by atoms with Crippen molar-refractivity contribution < 1.29 is 28.5 Å². The van der Waals surface area contributed by atoms with Gasteiger partial charge in [0, 0.05) is 23.8 Å². The Bertz CT molecular complexity index is 2490. The van der Waals surface area contributed by atoms with E-state index in [-0.39, 0.29) is 18.4 Å². The number of fused-ring (bicyclic) bond motifs is 1. The summed E-state index contributed by atoms with van der Waals surface area (Å²) < 4.78 is 25.6. The second kappa shape index (κ2) is 19.5. The molecule has 7 aromatic carbocycles. The lowest BCUT2D eigenvalue weighted by Gasteiger charge is -2.49. The first-order chi connectivity index (χ1) is 30.6. The van der Waals surface area contributed by atoms with Gasteiger partial charge in [0.15, 0.2) is 12.6 Å². The summed E-state index contributed by atoms with van der Waals surface area (Å²) in [5, 5.41) is 13.0. The van der Waals surface area contributed by atoms with E-state index < -0.39 is 52.7 Å². The van der Waals surface area contributed by atoms with Crippen LogP contribution < -0.4 is 42.5 Å². The molecule has 0 aliphatic carbocycles. The minimum atomic E-state index is -1.12. The van der Waals surface area contributed by atoms with E-state index in [1.54, 1.807) is 7.11 Å². The van der Waals surface area contributed by atoms with Crippen molar-refractivity contribution in [2.24, 2.45) is 0 Å². The molecule has 6 atom stereocenters. The fraction of sp³-hybridized carbons (Fsp3) is 0.154. The van der Waals surface area contributed by atoms with E-state index in [4.69, 9.17) is 18.9 Å². The van der Waals surface area contributed by atoms with Gasteiger partial charge in [0.1, 0.15) is 18.2 Å². The third-order valence-corrected chi connectivity index (χ3v) is 16.1. The number of ether oxygens (including phenoxy) is 4. The average molecular weight is 857 g/mol. The molecule has 1 unspecified atom stereocenters. The summed E-state index contributed by atoms with van der Waals surface area (Å²) in [6.07, 6.45) is -3.03. The van der Waals surface area contributed by atoms with Gasteiger partial charge in [-0.2, -0.15) is 0 Å². The van der Waals surface area contributed by atoms with Crippen molar-refractivity contribution in [3.05, 3.63) is 217 Å². The van der Waals surface area contributed by atoms with Gasteiger partial charge in [-0.1, -0.05) is 188 Å². The van der Waals surface area contributed by atoms with Gasteiger partial charge in [-0.3, -0.25) is 9.59 Å². The van der Waals surface area contributed by atoms with Crippen LogP contribution in [0.15, 0.2) is 200 Å². The zero-order chi connectivity index (χ0) is 42.3. The Kier molecular flexibility index (Phi) is 13.1. The van der Waals surface area contributed by atoms with Gasteiger partial charge < -0.3 is 29.6 Å². The highest BCUT2D eigenvalue weighted by atomic mass is 31.1. The molecule has 0 spiro atoms. The molecule has 2 fully saturated rings. The fourth-order valence-corrected chi connectivity index (χ4v) is 13.2. The zero-order valence-corrected chi connectivity index (χ0v) is 35.9. The maximum Gasteiger partial charge on any atom is 0.252 e. The third-order valence-electron chi connectivity index (χ3n) is 11.1. The van der Waals surface area contributed by atoms with Crippen LogP contribution >= 0.6 is 15.8 Å². The van der Waals surface area contributed by atoms with Crippen LogP contribution in [0.3, 0.4) is 0 Å². The van der Waals surface area contributed by atoms with Crippen molar-refractivity contribution in [1.29, 1.82) is 0 Å². The number of hydrogen-bond donors (Lipinski definition) is 2. The van der Waals surface area contributed by atoms with Crippen LogP contribution in [0, 0.1) is 0 Å². The van der Waals surface area contributed by atoms with E-state index in [0.717, 1.165) is 37.4 Å². The van der Waals surface area contributed by atoms with Crippen molar-refractivity contribution in [3.63, 3.8) is 0 Å². The second-order valence-corrected chi connectivity index (χ2v) is 19.4. The molecule has 0 radical (unpaired) electrons. The summed E-state index contributed by atoms with van der Waals surface area (Å²) in [7, 11) is -0.696. The molecule has 310 valence electrons. The van der Waals surface area contributed by atoms with Crippen molar-refractivity contribution in [2.45, 2.75) is 36.9 Å². The Morgan fingerprint density at radius 1 is 0.500 bits per heavy atom. The number of carbonyl (C=O) groups is 2. The van der Waals surface area contributed by atoms with E-state index in [1.807, 2.05) is 152 Å². The quantitative estimate of drug-likeness (QED) is 0.135. The first-order valence-electron chi connectivity index (χ1n) is 20.7. The predicted octanol–water partition coefficient (Wildman–Crippen LogP) is 6.59. The number of rotatable bonds is 12. The van der Waals surface area contributed by atoms with Gasteiger partial charge in [0.05, 0.1) is 12.6 Å². The smallest absolute Gasteiger partial charge is 0.252 e. The van der Waals surface area contributed by atoms with Crippen molar-refractivity contribution >= 4 is 59.5 Å². The van der Waals surface area contributed by atoms with Crippen molar-refractivity contribution in [1.82, 2.24) is 10.6 Å². The largest absolute Gasteiger partial charge is 0.354 e.